The van der Waals surface area contributed by atoms with Crippen molar-refractivity contribution >= 4 is 5.82 Å². The third kappa shape index (κ3) is 1.54. The Morgan fingerprint density at radius 2 is 2.33 bits per heavy atom. The van der Waals surface area contributed by atoms with Crippen LogP contribution in [0.2, 0.25) is 0 Å². The maximum absolute atomic E-state index is 6.29. The van der Waals surface area contributed by atoms with Crippen LogP contribution >= 0.6 is 0 Å². The second kappa shape index (κ2) is 4.15. The summed E-state index contributed by atoms with van der Waals surface area (Å²) >= 11 is 0. The molecule has 0 aliphatic carbocycles. The van der Waals surface area contributed by atoms with Gasteiger partial charge in [-0.3, -0.25) is 0 Å². The van der Waals surface area contributed by atoms with Gasteiger partial charge in [-0.25, -0.2) is 9.97 Å². The second-order valence-electron chi connectivity index (χ2n) is 4.94. The molecule has 0 saturated carbocycles. The molecule has 2 aromatic heterocycles. The Morgan fingerprint density at radius 3 is 3.06 bits per heavy atom. The zero-order valence-corrected chi connectivity index (χ0v) is 10.9. The summed E-state index contributed by atoms with van der Waals surface area (Å²) in [6, 6.07) is 0.452. The largest absolute Gasteiger partial charge is 0.383 e. The fraction of sp³-hybridized carbons (Fsp3) is 0.538. The van der Waals surface area contributed by atoms with Gasteiger partial charge in [-0.15, -0.1) is 0 Å². The molecule has 3 heterocycles. The predicted octanol–water partition coefficient (Wildman–Crippen LogP) is 2.25. The number of hydrogen-bond donors (Lipinski definition) is 1. The van der Waals surface area contributed by atoms with E-state index in [1.165, 1.54) is 12.8 Å². The van der Waals surface area contributed by atoms with Gasteiger partial charge in [0.1, 0.15) is 17.3 Å². The highest BCUT2D eigenvalue weighted by Gasteiger charge is 2.24. The molecule has 3 rings (SSSR count). The lowest BCUT2D eigenvalue weighted by Gasteiger charge is -2.22. The standard InChI is InChI=1S/C13H19N5/c1-3-17-8-15-7-10(17)12-13(14)18-9(2)5-4-6-11(18)16-12/h7-9H,3-6,14H2,1-2H3. The Balaban J connectivity index is 2.14. The molecule has 2 N–H and O–H groups in total. The highest BCUT2D eigenvalue weighted by molar-refractivity contribution is 5.68. The van der Waals surface area contributed by atoms with Crippen molar-refractivity contribution in [2.45, 2.75) is 45.7 Å². The monoisotopic (exact) mass is 245 g/mol. The molecule has 18 heavy (non-hydrogen) atoms. The molecule has 0 aromatic carbocycles. The maximum Gasteiger partial charge on any atom is 0.133 e. The molecule has 0 amide bonds. The molecule has 5 heteroatoms. The number of anilines is 1. The predicted molar refractivity (Wildman–Crippen MR) is 71.2 cm³/mol. The third-order valence-corrected chi connectivity index (χ3v) is 3.78. The minimum Gasteiger partial charge on any atom is -0.383 e. The van der Waals surface area contributed by atoms with Crippen molar-refractivity contribution in [1.29, 1.82) is 0 Å². The van der Waals surface area contributed by atoms with Crippen LogP contribution in [0.4, 0.5) is 5.82 Å². The molecule has 0 bridgehead atoms. The number of aromatic nitrogens is 4. The van der Waals surface area contributed by atoms with E-state index in [0.29, 0.717) is 6.04 Å². The second-order valence-corrected chi connectivity index (χ2v) is 4.94. The fourth-order valence-corrected chi connectivity index (χ4v) is 2.80. The number of fused-ring (bicyclic) bond motifs is 1. The highest BCUT2D eigenvalue weighted by Crippen LogP contribution is 2.33. The lowest BCUT2D eigenvalue weighted by Crippen LogP contribution is -2.17. The normalized spacial score (nSPS) is 18.9. The van der Waals surface area contributed by atoms with E-state index in [9.17, 15) is 0 Å². The van der Waals surface area contributed by atoms with Gasteiger partial charge >= 0.3 is 0 Å². The van der Waals surface area contributed by atoms with Gasteiger partial charge in [0.25, 0.3) is 0 Å². The Kier molecular flexibility index (Phi) is 2.61. The van der Waals surface area contributed by atoms with Gasteiger partial charge in [0.05, 0.1) is 18.2 Å². The van der Waals surface area contributed by atoms with E-state index in [2.05, 4.69) is 28.0 Å². The smallest absolute Gasteiger partial charge is 0.133 e. The summed E-state index contributed by atoms with van der Waals surface area (Å²) in [4.78, 5) is 8.92. The van der Waals surface area contributed by atoms with Gasteiger partial charge in [-0.2, -0.15) is 0 Å². The summed E-state index contributed by atoms with van der Waals surface area (Å²) in [5.41, 5.74) is 8.19. The van der Waals surface area contributed by atoms with E-state index in [0.717, 1.165) is 36.0 Å². The summed E-state index contributed by atoms with van der Waals surface area (Å²) in [6.45, 7) is 5.19. The van der Waals surface area contributed by atoms with Crippen LogP contribution in [0.25, 0.3) is 11.4 Å². The van der Waals surface area contributed by atoms with Crippen molar-refractivity contribution in [2.75, 3.05) is 5.73 Å². The number of rotatable bonds is 2. The SMILES string of the molecule is CCn1cncc1-c1nc2n(c1N)C(C)CCC2. The fourth-order valence-electron chi connectivity index (χ4n) is 2.80. The molecular formula is C13H19N5. The third-order valence-electron chi connectivity index (χ3n) is 3.78. The van der Waals surface area contributed by atoms with Crippen LogP contribution in [0, 0.1) is 0 Å². The van der Waals surface area contributed by atoms with Crippen molar-refractivity contribution in [3.8, 4) is 11.4 Å². The molecule has 1 atom stereocenters. The minimum absolute atomic E-state index is 0.452. The zero-order valence-electron chi connectivity index (χ0n) is 10.9. The van der Waals surface area contributed by atoms with E-state index in [4.69, 9.17) is 10.7 Å². The first kappa shape index (κ1) is 11.3. The molecular weight excluding hydrogens is 226 g/mol. The van der Waals surface area contributed by atoms with E-state index >= 15 is 0 Å². The molecule has 5 nitrogen and oxygen atoms in total. The van der Waals surface area contributed by atoms with Crippen molar-refractivity contribution in [1.82, 2.24) is 19.1 Å². The number of imidazole rings is 2. The van der Waals surface area contributed by atoms with Crippen molar-refractivity contribution in [3.05, 3.63) is 18.3 Å². The molecule has 1 aliphatic rings. The highest BCUT2D eigenvalue weighted by atomic mass is 15.2. The number of nitrogens with two attached hydrogens (primary N) is 1. The molecule has 2 aromatic rings. The average molecular weight is 245 g/mol. The lowest BCUT2D eigenvalue weighted by atomic mass is 10.1. The molecule has 0 fully saturated rings. The first-order valence-corrected chi connectivity index (χ1v) is 6.59. The van der Waals surface area contributed by atoms with Crippen LogP contribution in [0.5, 0.6) is 0 Å². The zero-order chi connectivity index (χ0) is 12.7. The Hall–Kier alpha value is -1.78. The molecule has 96 valence electrons. The Morgan fingerprint density at radius 1 is 1.50 bits per heavy atom. The van der Waals surface area contributed by atoms with E-state index in [-0.39, 0.29) is 0 Å². The molecule has 1 aliphatic heterocycles. The Bertz CT molecular complexity index is 566. The summed E-state index contributed by atoms with van der Waals surface area (Å²) in [5.74, 6) is 1.90. The lowest BCUT2D eigenvalue weighted by molar-refractivity contribution is 0.430. The van der Waals surface area contributed by atoms with Gasteiger partial charge in [0, 0.05) is 19.0 Å². The van der Waals surface area contributed by atoms with Gasteiger partial charge in [0.15, 0.2) is 0 Å². The number of aryl methyl sites for hydroxylation is 2. The Labute approximate surface area is 107 Å². The first-order chi connectivity index (χ1) is 8.72. The quantitative estimate of drug-likeness (QED) is 0.882. The molecule has 0 spiro atoms. The van der Waals surface area contributed by atoms with Crippen molar-refractivity contribution in [2.24, 2.45) is 0 Å². The molecule has 0 radical (unpaired) electrons. The first-order valence-electron chi connectivity index (χ1n) is 6.59. The van der Waals surface area contributed by atoms with Gasteiger partial charge in [-0.1, -0.05) is 0 Å². The summed E-state index contributed by atoms with van der Waals surface area (Å²) in [5, 5.41) is 0. The van der Waals surface area contributed by atoms with Crippen molar-refractivity contribution < 1.29 is 0 Å². The van der Waals surface area contributed by atoms with Crippen LogP contribution in [-0.4, -0.2) is 19.1 Å². The number of hydrogen-bond acceptors (Lipinski definition) is 3. The average Bonchev–Trinajstić information content (AvgIpc) is 2.94. The van der Waals surface area contributed by atoms with Crippen LogP contribution in [-0.2, 0) is 13.0 Å². The van der Waals surface area contributed by atoms with Crippen LogP contribution in [0.1, 0.15) is 38.6 Å². The summed E-state index contributed by atoms with van der Waals surface area (Å²) in [7, 11) is 0. The number of nitrogen functional groups attached to an aromatic ring is 1. The minimum atomic E-state index is 0.452. The number of nitrogens with zero attached hydrogens (tertiary/aromatic N) is 4. The summed E-state index contributed by atoms with van der Waals surface area (Å²) in [6.07, 6.45) is 7.08. The van der Waals surface area contributed by atoms with Gasteiger partial charge in [0.2, 0.25) is 0 Å². The molecule has 1 unspecified atom stereocenters. The topological polar surface area (TPSA) is 61.7 Å². The van der Waals surface area contributed by atoms with Crippen LogP contribution in [0.15, 0.2) is 12.5 Å². The summed E-state index contributed by atoms with van der Waals surface area (Å²) < 4.78 is 4.27. The van der Waals surface area contributed by atoms with E-state index < -0.39 is 0 Å². The van der Waals surface area contributed by atoms with Crippen LogP contribution < -0.4 is 5.73 Å². The van der Waals surface area contributed by atoms with Crippen molar-refractivity contribution in [3.63, 3.8) is 0 Å². The maximum atomic E-state index is 6.29. The van der Waals surface area contributed by atoms with Gasteiger partial charge < -0.3 is 14.9 Å². The van der Waals surface area contributed by atoms with Gasteiger partial charge in [-0.05, 0) is 26.7 Å². The van der Waals surface area contributed by atoms with E-state index in [1.807, 2.05) is 12.5 Å². The molecule has 0 saturated heterocycles. The van der Waals surface area contributed by atoms with E-state index in [1.54, 1.807) is 0 Å². The van der Waals surface area contributed by atoms with Crippen LogP contribution in [0.3, 0.4) is 0 Å².